The van der Waals surface area contributed by atoms with Gasteiger partial charge in [-0.3, -0.25) is 9.59 Å². The number of aryl methyl sites for hydroxylation is 1. The Morgan fingerprint density at radius 2 is 1.67 bits per heavy atom. The Kier molecular flexibility index (Phi) is 3.78. The van der Waals surface area contributed by atoms with E-state index in [4.69, 9.17) is 0 Å². The van der Waals surface area contributed by atoms with E-state index in [2.05, 4.69) is 6.07 Å². The lowest BCUT2D eigenvalue weighted by atomic mass is 9.59. The third-order valence-corrected chi connectivity index (χ3v) is 7.18. The first-order chi connectivity index (χ1) is 11.1. The van der Waals surface area contributed by atoms with Gasteiger partial charge in [0.05, 0.1) is 10.8 Å². The zero-order valence-corrected chi connectivity index (χ0v) is 15.1. The van der Waals surface area contributed by atoms with Gasteiger partial charge in [0.2, 0.25) is 5.91 Å². The van der Waals surface area contributed by atoms with Crippen molar-refractivity contribution in [1.29, 1.82) is 0 Å². The molecule has 0 radical (unpaired) electrons. The van der Waals surface area contributed by atoms with Crippen LogP contribution in [0.2, 0.25) is 0 Å². The first kappa shape index (κ1) is 17.0. The number of aliphatic carboxylic acids is 1. The SMILES string of the molecule is CC1(C(=O)O)CCC(C)(C(=O)N2CCCc3ccccc32)C1(C)C. The fourth-order valence-electron chi connectivity index (χ4n) is 4.52. The standard InChI is InChI=1S/C20H27NO3/c1-18(2)19(3,11-12-20(18,4)17(23)24)16(22)21-13-7-9-14-8-5-6-10-15(14)21/h5-6,8,10H,7,9,11-13H2,1-4H3,(H,23,24). The summed E-state index contributed by atoms with van der Waals surface area (Å²) in [7, 11) is 0. The van der Waals surface area contributed by atoms with Gasteiger partial charge in [-0.25, -0.2) is 0 Å². The van der Waals surface area contributed by atoms with Gasteiger partial charge in [0.15, 0.2) is 0 Å². The maximum Gasteiger partial charge on any atom is 0.309 e. The Hall–Kier alpha value is -1.84. The van der Waals surface area contributed by atoms with Crippen molar-refractivity contribution in [1.82, 2.24) is 0 Å². The molecule has 0 bridgehead atoms. The summed E-state index contributed by atoms with van der Waals surface area (Å²) < 4.78 is 0. The summed E-state index contributed by atoms with van der Waals surface area (Å²) in [5.41, 5.74) is 0.0271. The quantitative estimate of drug-likeness (QED) is 0.895. The van der Waals surface area contributed by atoms with E-state index in [1.54, 1.807) is 6.92 Å². The number of carboxylic acid groups (broad SMARTS) is 1. The number of carboxylic acids is 1. The molecule has 1 heterocycles. The van der Waals surface area contributed by atoms with Gasteiger partial charge in [-0.05, 0) is 49.7 Å². The van der Waals surface area contributed by atoms with Crippen LogP contribution in [0.5, 0.6) is 0 Å². The average Bonchev–Trinajstić information content (AvgIpc) is 2.76. The Balaban J connectivity index is 2.01. The number of carbonyl (C=O) groups excluding carboxylic acids is 1. The fraction of sp³-hybridized carbons (Fsp3) is 0.600. The summed E-state index contributed by atoms with van der Waals surface area (Å²) in [6, 6.07) is 8.07. The van der Waals surface area contributed by atoms with Crippen LogP contribution in [0, 0.1) is 16.2 Å². The van der Waals surface area contributed by atoms with E-state index in [0.29, 0.717) is 19.4 Å². The number of para-hydroxylation sites is 1. The molecule has 1 saturated carbocycles. The van der Waals surface area contributed by atoms with Crippen molar-refractivity contribution < 1.29 is 14.7 Å². The highest BCUT2D eigenvalue weighted by Gasteiger charge is 2.65. The molecule has 2 atom stereocenters. The first-order valence-corrected chi connectivity index (χ1v) is 8.78. The molecule has 3 rings (SSSR count). The third kappa shape index (κ3) is 2.04. The molecule has 4 nitrogen and oxygen atoms in total. The van der Waals surface area contributed by atoms with Crippen LogP contribution in [-0.4, -0.2) is 23.5 Å². The lowest BCUT2D eigenvalue weighted by molar-refractivity contribution is -0.158. The number of carbonyl (C=O) groups is 2. The monoisotopic (exact) mass is 329 g/mol. The number of hydrogen-bond acceptors (Lipinski definition) is 2. The number of nitrogens with zero attached hydrogens (tertiary/aromatic N) is 1. The average molecular weight is 329 g/mol. The van der Waals surface area contributed by atoms with Crippen LogP contribution in [0.25, 0.3) is 0 Å². The maximum absolute atomic E-state index is 13.5. The maximum atomic E-state index is 13.5. The van der Waals surface area contributed by atoms with Gasteiger partial charge in [0, 0.05) is 12.2 Å². The number of amides is 1. The molecule has 2 aliphatic rings. The topological polar surface area (TPSA) is 57.6 Å². The second-order valence-corrected chi connectivity index (χ2v) is 8.28. The van der Waals surface area contributed by atoms with E-state index in [9.17, 15) is 14.7 Å². The molecule has 0 spiro atoms. The first-order valence-electron chi connectivity index (χ1n) is 8.78. The predicted molar refractivity (Wildman–Crippen MR) is 94.0 cm³/mol. The van der Waals surface area contributed by atoms with Gasteiger partial charge >= 0.3 is 5.97 Å². The highest BCUT2D eigenvalue weighted by Crippen LogP contribution is 2.63. The number of fused-ring (bicyclic) bond motifs is 1. The van der Waals surface area contributed by atoms with Crippen LogP contribution < -0.4 is 4.90 Å². The zero-order valence-electron chi connectivity index (χ0n) is 15.1. The highest BCUT2D eigenvalue weighted by molar-refractivity contribution is 6.00. The summed E-state index contributed by atoms with van der Waals surface area (Å²) in [6.45, 7) is 8.35. The van der Waals surface area contributed by atoms with Crippen molar-refractivity contribution in [2.45, 2.75) is 53.4 Å². The minimum atomic E-state index is -0.882. The summed E-state index contributed by atoms with van der Waals surface area (Å²) >= 11 is 0. The number of hydrogen-bond donors (Lipinski definition) is 1. The molecule has 2 unspecified atom stereocenters. The second-order valence-electron chi connectivity index (χ2n) is 8.28. The largest absolute Gasteiger partial charge is 0.481 e. The van der Waals surface area contributed by atoms with Crippen molar-refractivity contribution in [2.75, 3.05) is 11.4 Å². The summed E-state index contributed by atoms with van der Waals surface area (Å²) in [4.78, 5) is 27.3. The minimum absolute atomic E-state index is 0.0737. The summed E-state index contributed by atoms with van der Waals surface area (Å²) in [6.07, 6.45) is 3.09. The number of rotatable bonds is 2. The van der Waals surface area contributed by atoms with Crippen molar-refractivity contribution in [2.24, 2.45) is 16.2 Å². The molecule has 0 saturated heterocycles. The Labute approximate surface area is 143 Å². The predicted octanol–water partition coefficient (Wildman–Crippen LogP) is 3.88. The minimum Gasteiger partial charge on any atom is -0.481 e. The lowest BCUT2D eigenvalue weighted by Crippen LogP contribution is -2.53. The Morgan fingerprint density at radius 3 is 2.29 bits per heavy atom. The van der Waals surface area contributed by atoms with Crippen LogP contribution in [0.1, 0.15) is 52.5 Å². The molecule has 0 aromatic heterocycles. The van der Waals surface area contributed by atoms with E-state index in [0.717, 1.165) is 18.5 Å². The van der Waals surface area contributed by atoms with E-state index < -0.39 is 22.2 Å². The smallest absolute Gasteiger partial charge is 0.309 e. The number of anilines is 1. The molecule has 1 aromatic carbocycles. The van der Waals surface area contributed by atoms with Gasteiger partial charge in [-0.15, -0.1) is 0 Å². The molecule has 130 valence electrons. The third-order valence-electron chi connectivity index (χ3n) is 7.18. The van der Waals surface area contributed by atoms with Gasteiger partial charge < -0.3 is 10.0 Å². The summed E-state index contributed by atoms with van der Waals surface area (Å²) in [5.74, 6) is -0.729. The number of benzene rings is 1. The van der Waals surface area contributed by atoms with Crippen LogP contribution in [0.3, 0.4) is 0 Å². The molecule has 1 aliphatic heterocycles. The molecule has 1 fully saturated rings. The summed E-state index contributed by atoms with van der Waals surface area (Å²) in [5, 5.41) is 9.77. The molecule has 4 heteroatoms. The van der Waals surface area contributed by atoms with Crippen molar-refractivity contribution in [3.05, 3.63) is 29.8 Å². The van der Waals surface area contributed by atoms with Gasteiger partial charge in [-0.1, -0.05) is 39.0 Å². The lowest BCUT2D eigenvalue weighted by Gasteiger charge is -2.46. The molecular formula is C20H27NO3. The Bertz CT molecular complexity index is 696. The van der Waals surface area contributed by atoms with E-state index in [-0.39, 0.29) is 5.91 Å². The fourth-order valence-corrected chi connectivity index (χ4v) is 4.52. The highest BCUT2D eigenvalue weighted by atomic mass is 16.4. The van der Waals surface area contributed by atoms with Gasteiger partial charge in [0.25, 0.3) is 0 Å². The molecule has 1 amide bonds. The van der Waals surface area contributed by atoms with Crippen LogP contribution in [0.4, 0.5) is 5.69 Å². The Morgan fingerprint density at radius 1 is 1.04 bits per heavy atom. The van der Waals surface area contributed by atoms with Crippen molar-refractivity contribution >= 4 is 17.6 Å². The molecule has 24 heavy (non-hydrogen) atoms. The van der Waals surface area contributed by atoms with E-state index >= 15 is 0 Å². The van der Waals surface area contributed by atoms with Crippen LogP contribution in [-0.2, 0) is 16.0 Å². The van der Waals surface area contributed by atoms with Gasteiger partial charge in [0.1, 0.15) is 0 Å². The normalized spacial score (nSPS) is 31.6. The van der Waals surface area contributed by atoms with Crippen LogP contribution >= 0.6 is 0 Å². The van der Waals surface area contributed by atoms with Crippen molar-refractivity contribution in [3.63, 3.8) is 0 Å². The van der Waals surface area contributed by atoms with E-state index in [1.165, 1.54) is 5.56 Å². The van der Waals surface area contributed by atoms with Crippen LogP contribution in [0.15, 0.2) is 24.3 Å². The zero-order chi connectivity index (χ0) is 17.8. The second kappa shape index (κ2) is 5.33. The molecular weight excluding hydrogens is 302 g/mol. The molecule has 1 aromatic rings. The molecule has 1 N–H and O–H groups in total. The van der Waals surface area contributed by atoms with Gasteiger partial charge in [-0.2, -0.15) is 0 Å². The van der Waals surface area contributed by atoms with Crippen molar-refractivity contribution in [3.8, 4) is 0 Å². The van der Waals surface area contributed by atoms with E-state index in [1.807, 2.05) is 43.9 Å². The molecule has 1 aliphatic carbocycles.